The molecule has 0 radical (unpaired) electrons. The summed E-state index contributed by atoms with van der Waals surface area (Å²) in [6.45, 7) is 0. The van der Waals surface area contributed by atoms with Gasteiger partial charge in [0, 0.05) is 12.0 Å². The summed E-state index contributed by atoms with van der Waals surface area (Å²) in [6.07, 6.45) is 1.19. The second-order valence-electron chi connectivity index (χ2n) is 5.27. The lowest BCUT2D eigenvalue weighted by atomic mass is 10.00. The Hall–Kier alpha value is -2.66. The van der Waals surface area contributed by atoms with Crippen molar-refractivity contribution in [3.63, 3.8) is 0 Å². The Morgan fingerprint density at radius 2 is 1.57 bits per heavy atom. The summed E-state index contributed by atoms with van der Waals surface area (Å²) >= 11 is 0. The van der Waals surface area contributed by atoms with Gasteiger partial charge in [0.1, 0.15) is 11.5 Å². The number of rotatable bonds is 8. The van der Waals surface area contributed by atoms with Crippen molar-refractivity contribution < 1.29 is 14.3 Å². The fourth-order valence-corrected chi connectivity index (χ4v) is 2.15. The summed E-state index contributed by atoms with van der Waals surface area (Å²) in [5.74, 6) is 0.845. The Labute approximate surface area is 135 Å². The third-order valence-electron chi connectivity index (χ3n) is 3.39. The van der Waals surface area contributed by atoms with E-state index < -0.39 is 6.04 Å². The molecule has 0 aromatic heterocycles. The first-order valence-corrected chi connectivity index (χ1v) is 7.47. The zero-order valence-electron chi connectivity index (χ0n) is 12.8. The van der Waals surface area contributed by atoms with Gasteiger partial charge in [-0.3, -0.25) is 9.59 Å². The van der Waals surface area contributed by atoms with Crippen LogP contribution in [0, 0.1) is 0 Å². The van der Waals surface area contributed by atoms with E-state index in [9.17, 15) is 9.59 Å². The van der Waals surface area contributed by atoms with Gasteiger partial charge in [-0.1, -0.05) is 18.2 Å². The zero-order valence-corrected chi connectivity index (χ0v) is 12.8. The molecule has 5 heteroatoms. The van der Waals surface area contributed by atoms with E-state index in [4.69, 9.17) is 16.2 Å². The van der Waals surface area contributed by atoms with Crippen LogP contribution in [0.4, 0.5) is 0 Å². The molecule has 1 unspecified atom stereocenters. The molecule has 5 nitrogen and oxygen atoms in total. The van der Waals surface area contributed by atoms with Crippen molar-refractivity contribution in [3.05, 3.63) is 60.2 Å². The number of benzene rings is 2. The lowest BCUT2D eigenvalue weighted by molar-refractivity contribution is -0.118. The van der Waals surface area contributed by atoms with Crippen molar-refractivity contribution in [2.75, 3.05) is 0 Å². The maximum atomic E-state index is 12.2. The van der Waals surface area contributed by atoms with Crippen LogP contribution in [-0.4, -0.2) is 17.7 Å². The average molecular weight is 312 g/mol. The maximum absolute atomic E-state index is 12.2. The number of hydrogen-bond donors (Lipinski definition) is 2. The van der Waals surface area contributed by atoms with Gasteiger partial charge < -0.3 is 16.2 Å². The summed E-state index contributed by atoms with van der Waals surface area (Å²) in [4.78, 5) is 22.9. The molecule has 0 spiro atoms. The van der Waals surface area contributed by atoms with Crippen LogP contribution in [0.15, 0.2) is 54.6 Å². The van der Waals surface area contributed by atoms with Gasteiger partial charge in [0.15, 0.2) is 5.78 Å². The minimum Gasteiger partial charge on any atom is -0.457 e. The molecule has 0 heterocycles. The van der Waals surface area contributed by atoms with Gasteiger partial charge in [0.05, 0.1) is 6.04 Å². The molecule has 1 atom stereocenters. The SMILES string of the molecule is NC(=O)CCCC(N)C(=O)c1ccc(Oc2ccccc2)cc1. The number of para-hydroxylation sites is 1. The van der Waals surface area contributed by atoms with Crippen LogP contribution in [0.3, 0.4) is 0 Å². The molecule has 0 saturated heterocycles. The third-order valence-corrected chi connectivity index (χ3v) is 3.39. The number of nitrogens with two attached hydrogens (primary N) is 2. The number of Topliss-reactive ketones (excluding diaryl/α,β-unsaturated/α-hetero) is 1. The van der Waals surface area contributed by atoms with E-state index in [0.717, 1.165) is 5.75 Å². The van der Waals surface area contributed by atoms with Gasteiger partial charge in [-0.2, -0.15) is 0 Å². The van der Waals surface area contributed by atoms with Crippen LogP contribution in [-0.2, 0) is 4.79 Å². The third kappa shape index (κ3) is 5.23. The summed E-state index contributed by atoms with van der Waals surface area (Å²) in [7, 11) is 0. The Bertz CT molecular complexity index is 654. The van der Waals surface area contributed by atoms with Crippen molar-refractivity contribution in [1.82, 2.24) is 0 Å². The number of amides is 1. The standard InChI is InChI=1S/C18H20N2O3/c19-16(7-4-8-17(20)21)18(22)13-9-11-15(12-10-13)23-14-5-2-1-3-6-14/h1-3,5-6,9-12,16H,4,7-8,19H2,(H2,20,21). The molecule has 23 heavy (non-hydrogen) atoms. The van der Waals surface area contributed by atoms with Crippen LogP contribution in [0.1, 0.15) is 29.6 Å². The molecule has 0 aliphatic heterocycles. The molecule has 0 aliphatic rings. The normalized spacial score (nSPS) is 11.7. The molecule has 0 bridgehead atoms. The van der Waals surface area contributed by atoms with E-state index in [2.05, 4.69) is 0 Å². The van der Waals surface area contributed by atoms with Gasteiger partial charge in [0.2, 0.25) is 5.91 Å². The largest absolute Gasteiger partial charge is 0.457 e. The van der Waals surface area contributed by atoms with Crippen LogP contribution in [0.2, 0.25) is 0 Å². The van der Waals surface area contributed by atoms with Gasteiger partial charge in [0.25, 0.3) is 0 Å². The topological polar surface area (TPSA) is 95.4 Å². The monoisotopic (exact) mass is 312 g/mol. The Kier molecular flexibility index (Phi) is 5.88. The summed E-state index contributed by atoms with van der Waals surface area (Å²) < 4.78 is 5.67. The lowest BCUT2D eigenvalue weighted by Crippen LogP contribution is -2.30. The lowest BCUT2D eigenvalue weighted by Gasteiger charge is -2.11. The van der Waals surface area contributed by atoms with Crippen LogP contribution in [0.5, 0.6) is 11.5 Å². The van der Waals surface area contributed by atoms with E-state index >= 15 is 0 Å². The van der Waals surface area contributed by atoms with E-state index in [1.807, 2.05) is 30.3 Å². The van der Waals surface area contributed by atoms with Gasteiger partial charge in [-0.15, -0.1) is 0 Å². The first kappa shape index (κ1) is 16.7. The number of ether oxygens (including phenoxy) is 1. The summed E-state index contributed by atoms with van der Waals surface area (Å²) in [5, 5.41) is 0. The highest BCUT2D eigenvalue weighted by molar-refractivity contribution is 6.00. The van der Waals surface area contributed by atoms with E-state index in [0.29, 0.717) is 24.2 Å². The minimum absolute atomic E-state index is 0.152. The smallest absolute Gasteiger partial charge is 0.217 e. The maximum Gasteiger partial charge on any atom is 0.217 e. The first-order chi connectivity index (χ1) is 11.1. The molecule has 2 rings (SSSR count). The van der Waals surface area contributed by atoms with E-state index in [1.165, 1.54) is 0 Å². The van der Waals surface area contributed by atoms with Crippen LogP contribution >= 0.6 is 0 Å². The van der Waals surface area contributed by atoms with Gasteiger partial charge in [-0.25, -0.2) is 0 Å². The number of hydrogen-bond acceptors (Lipinski definition) is 4. The highest BCUT2D eigenvalue weighted by atomic mass is 16.5. The first-order valence-electron chi connectivity index (χ1n) is 7.47. The number of carbonyl (C=O) groups excluding carboxylic acids is 2. The van der Waals surface area contributed by atoms with Crippen molar-refractivity contribution in [2.24, 2.45) is 11.5 Å². The van der Waals surface area contributed by atoms with Crippen molar-refractivity contribution in [1.29, 1.82) is 0 Å². The van der Waals surface area contributed by atoms with Crippen molar-refractivity contribution in [2.45, 2.75) is 25.3 Å². The molecule has 2 aromatic rings. The van der Waals surface area contributed by atoms with Gasteiger partial charge in [-0.05, 0) is 49.2 Å². The fourth-order valence-electron chi connectivity index (χ4n) is 2.15. The highest BCUT2D eigenvalue weighted by Gasteiger charge is 2.15. The highest BCUT2D eigenvalue weighted by Crippen LogP contribution is 2.21. The molecular weight excluding hydrogens is 292 g/mol. The van der Waals surface area contributed by atoms with Crippen molar-refractivity contribution >= 4 is 11.7 Å². The number of primary amides is 1. The van der Waals surface area contributed by atoms with Crippen molar-refractivity contribution in [3.8, 4) is 11.5 Å². The average Bonchev–Trinajstić information content (AvgIpc) is 2.55. The Morgan fingerprint density at radius 1 is 0.957 bits per heavy atom. The predicted octanol–water partition coefficient (Wildman–Crippen LogP) is 2.64. The second kappa shape index (κ2) is 8.10. The molecule has 4 N–H and O–H groups in total. The minimum atomic E-state index is -0.629. The fraction of sp³-hybridized carbons (Fsp3) is 0.222. The molecule has 0 fully saturated rings. The quantitative estimate of drug-likeness (QED) is 0.732. The molecule has 0 aliphatic carbocycles. The Morgan fingerprint density at radius 3 is 2.17 bits per heavy atom. The van der Waals surface area contributed by atoms with Crippen LogP contribution < -0.4 is 16.2 Å². The molecule has 0 saturated carbocycles. The second-order valence-corrected chi connectivity index (χ2v) is 5.27. The van der Waals surface area contributed by atoms with Crippen LogP contribution in [0.25, 0.3) is 0 Å². The Balaban J connectivity index is 1.93. The molecular formula is C18H20N2O3. The predicted molar refractivity (Wildman–Crippen MR) is 88.3 cm³/mol. The molecule has 1 amide bonds. The zero-order chi connectivity index (χ0) is 16.7. The number of ketones is 1. The van der Waals surface area contributed by atoms with E-state index in [1.54, 1.807) is 24.3 Å². The summed E-state index contributed by atoms with van der Waals surface area (Å²) in [5.41, 5.74) is 11.5. The molecule has 120 valence electrons. The number of carbonyl (C=O) groups is 2. The van der Waals surface area contributed by atoms with Gasteiger partial charge >= 0.3 is 0 Å². The molecule has 2 aromatic carbocycles. The van der Waals surface area contributed by atoms with E-state index in [-0.39, 0.29) is 18.1 Å². The summed E-state index contributed by atoms with van der Waals surface area (Å²) in [6, 6.07) is 15.6.